The number of amides is 2. The third-order valence-electron chi connectivity index (χ3n) is 2.70. The lowest BCUT2D eigenvalue weighted by Crippen LogP contribution is -2.46. The van der Waals surface area contributed by atoms with E-state index in [0.29, 0.717) is 18.7 Å². The third-order valence-corrected chi connectivity index (χ3v) is 3.61. The molecule has 2 amide bonds. The Morgan fingerprint density at radius 3 is 2.60 bits per heavy atom. The zero-order valence-electron chi connectivity index (χ0n) is 11.8. The fraction of sp³-hybridized carbons (Fsp3) is 0.500. The lowest BCUT2D eigenvalue weighted by Gasteiger charge is -2.22. The standard InChI is InChI=1S/C14H21FN2O2S/c1-14(19,10-20-2)9-17-13(18)16-8-7-11-3-5-12(15)6-4-11/h3-6,19H,7-10H2,1-2H3,(H2,16,17,18). The predicted molar refractivity (Wildman–Crippen MR) is 80.5 cm³/mol. The van der Waals surface area contributed by atoms with Crippen LogP contribution in [0.2, 0.25) is 0 Å². The molecule has 1 aromatic rings. The van der Waals surface area contributed by atoms with Gasteiger partial charge in [0.05, 0.1) is 5.60 Å². The maximum absolute atomic E-state index is 12.7. The zero-order chi connectivity index (χ0) is 15.0. The number of thioether (sulfide) groups is 1. The average molecular weight is 300 g/mol. The van der Waals surface area contributed by atoms with Gasteiger partial charge in [-0.1, -0.05) is 12.1 Å². The van der Waals surface area contributed by atoms with E-state index < -0.39 is 5.60 Å². The van der Waals surface area contributed by atoms with Crippen LogP contribution in [0.15, 0.2) is 24.3 Å². The van der Waals surface area contributed by atoms with Gasteiger partial charge in [0.2, 0.25) is 0 Å². The van der Waals surface area contributed by atoms with E-state index in [1.54, 1.807) is 19.1 Å². The van der Waals surface area contributed by atoms with Crippen LogP contribution in [0.3, 0.4) is 0 Å². The van der Waals surface area contributed by atoms with Crippen LogP contribution in [-0.4, -0.2) is 41.8 Å². The van der Waals surface area contributed by atoms with Crippen LogP contribution in [0, 0.1) is 5.82 Å². The van der Waals surface area contributed by atoms with Crippen LogP contribution in [-0.2, 0) is 6.42 Å². The van der Waals surface area contributed by atoms with Crippen molar-refractivity contribution in [3.8, 4) is 0 Å². The molecule has 112 valence electrons. The number of carbonyl (C=O) groups is 1. The molecule has 0 aromatic heterocycles. The Balaban J connectivity index is 2.22. The Hall–Kier alpha value is -1.27. The van der Waals surface area contributed by atoms with Gasteiger partial charge in [0, 0.05) is 18.8 Å². The molecule has 1 atom stereocenters. The molecule has 0 aliphatic rings. The van der Waals surface area contributed by atoms with E-state index in [4.69, 9.17) is 0 Å². The topological polar surface area (TPSA) is 61.4 Å². The predicted octanol–water partition coefficient (Wildman–Crippen LogP) is 1.78. The van der Waals surface area contributed by atoms with Crippen molar-refractivity contribution in [3.63, 3.8) is 0 Å². The molecule has 0 spiro atoms. The first-order valence-corrected chi connectivity index (χ1v) is 7.80. The van der Waals surface area contributed by atoms with E-state index >= 15 is 0 Å². The van der Waals surface area contributed by atoms with E-state index in [1.165, 1.54) is 23.9 Å². The SMILES string of the molecule is CSCC(C)(O)CNC(=O)NCCc1ccc(F)cc1. The summed E-state index contributed by atoms with van der Waals surface area (Å²) in [5.41, 5.74) is 0.0503. The number of benzene rings is 1. The second-order valence-corrected chi connectivity index (χ2v) is 5.78. The number of urea groups is 1. The second kappa shape index (κ2) is 8.11. The van der Waals surface area contributed by atoms with Crippen molar-refractivity contribution in [2.45, 2.75) is 18.9 Å². The molecule has 0 fully saturated rings. The Morgan fingerprint density at radius 1 is 1.35 bits per heavy atom. The van der Waals surface area contributed by atoms with Crippen LogP contribution in [0.5, 0.6) is 0 Å². The monoisotopic (exact) mass is 300 g/mol. The number of halogens is 1. The summed E-state index contributed by atoms with van der Waals surface area (Å²) in [6, 6.07) is 5.87. The summed E-state index contributed by atoms with van der Waals surface area (Å²) >= 11 is 1.52. The first-order chi connectivity index (χ1) is 9.43. The first-order valence-electron chi connectivity index (χ1n) is 6.40. The second-order valence-electron chi connectivity index (χ2n) is 4.92. The summed E-state index contributed by atoms with van der Waals surface area (Å²) < 4.78 is 12.7. The number of nitrogens with one attached hydrogen (secondary N) is 2. The van der Waals surface area contributed by atoms with Gasteiger partial charge in [-0.2, -0.15) is 11.8 Å². The molecule has 3 N–H and O–H groups in total. The Kier molecular flexibility index (Phi) is 6.81. The van der Waals surface area contributed by atoms with Crippen LogP contribution in [0.25, 0.3) is 0 Å². The largest absolute Gasteiger partial charge is 0.387 e. The Labute approximate surface area is 123 Å². The lowest BCUT2D eigenvalue weighted by molar-refractivity contribution is 0.0869. The molecule has 0 saturated heterocycles. The molecular formula is C14H21FN2O2S. The van der Waals surface area contributed by atoms with Crippen LogP contribution < -0.4 is 10.6 Å². The van der Waals surface area contributed by atoms with Gasteiger partial charge in [0.15, 0.2) is 0 Å². The molecule has 0 aliphatic carbocycles. The summed E-state index contributed by atoms with van der Waals surface area (Å²) in [5, 5.41) is 15.2. The van der Waals surface area contributed by atoms with Gasteiger partial charge in [-0.15, -0.1) is 0 Å². The lowest BCUT2D eigenvalue weighted by atomic mass is 10.1. The van der Waals surface area contributed by atoms with Crippen molar-refractivity contribution in [2.75, 3.05) is 25.1 Å². The minimum absolute atomic E-state index is 0.205. The molecule has 20 heavy (non-hydrogen) atoms. The molecule has 0 aliphatic heterocycles. The van der Waals surface area contributed by atoms with Gasteiger partial charge < -0.3 is 15.7 Å². The van der Waals surface area contributed by atoms with Crippen molar-refractivity contribution < 1.29 is 14.3 Å². The van der Waals surface area contributed by atoms with Gasteiger partial charge in [-0.25, -0.2) is 9.18 Å². The molecule has 1 unspecified atom stereocenters. The molecule has 0 radical (unpaired) electrons. The zero-order valence-corrected chi connectivity index (χ0v) is 12.6. The third kappa shape index (κ3) is 6.77. The fourth-order valence-electron chi connectivity index (χ4n) is 1.67. The normalized spacial score (nSPS) is 13.6. The summed E-state index contributed by atoms with van der Waals surface area (Å²) in [4.78, 5) is 11.5. The summed E-state index contributed by atoms with van der Waals surface area (Å²) in [7, 11) is 0. The highest BCUT2D eigenvalue weighted by Gasteiger charge is 2.20. The van der Waals surface area contributed by atoms with E-state index in [-0.39, 0.29) is 18.4 Å². The Bertz CT molecular complexity index is 424. The van der Waals surface area contributed by atoms with E-state index in [2.05, 4.69) is 10.6 Å². The van der Waals surface area contributed by atoms with Gasteiger partial charge in [0.25, 0.3) is 0 Å². The average Bonchev–Trinajstić information content (AvgIpc) is 2.39. The maximum atomic E-state index is 12.7. The molecule has 1 rings (SSSR count). The maximum Gasteiger partial charge on any atom is 0.314 e. The number of hydrogen-bond donors (Lipinski definition) is 3. The number of rotatable bonds is 7. The van der Waals surface area contributed by atoms with Gasteiger partial charge in [0.1, 0.15) is 5.82 Å². The fourth-order valence-corrected chi connectivity index (χ4v) is 2.39. The van der Waals surface area contributed by atoms with Crippen molar-refractivity contribution >= 4 is 17.8 Å². The van der Waals surface area contributed by atoms with E-state index in [0.717, 1.165) is 5.56 Å². The number of aliphatic hydroxyl groups is 1. The van der Waals surface area contributed by atoms with Crippen LogP contribution in [0.1, 0.15) is 12.5 Å². The summed E-state index contributed by atoms with van der Waals surface area (Å²) in [5.74, 6) is 0.290. The van der Waals surface area contributed by atoms with Gasteiger partial charge >= 0.3 is 6.03 Å². The first kappa shape index (κ1) is 16.8. The van der Waals surface area contributed by atoms with Gasteiger partial charge in [-0.3, -0.25) is 0 Å². The summed E-state index contributed by atoms with van der Waals surface area (Å²) in [6.45, 7) is 2.35. The quantitative estimate of drug-likeness (QED) is 0.719. The minimum Gasteiger partial charge on any atom is -0.387 e. The smallest absolute Gasteiger partial charge is 0.314 e. The van der Waals surface area contributed by atoms with Crippen molar-refractivity contribution in [3.05, 3.63) is 35.6 Å². The van der Waals surface area contributed by atoms with Crippen LogP contribution >= 0.6 is 11.8 Å². The number of carbonyl (C=O) groups excluding carboxylic acids is 1. The molecule has 0 heterocycles. The van der Waals surface area contributed by atoms with Crippen molar-refractivity contribution in [2.24, 2.45) is 0 Å². The highest BCUT2D eigenvalue weighted by molar-refractivity contribution is 7.98. The van der Waals surface area contributed by atoms with Gasteiger partial charge in [-0.05, 0) is 37.3 Å². The Morgan fingerprint density at radius 2 is 2.00 bits per heavy atom. The highest BCUT2D eigenvalue weighted by Crippen LogP contribution is 2.08. The minimum atomic E-state index is -0.909. The molecule has 6 heteroatoms. The molecule has 4 nitrogen and oxygen atoms in total. The molecule has 0 saturated carbocycles. The summed E-state index contributed by atoms with van der Waals surface area (Å²) in [6.07, 6.45) is 2.53. The number of hydrogen-bond acceptors (Lipinski definition) is 3. The van der Waals surface area contributed by atoms with E-state index in [1.807, 2.05) is 6.26 Å². The van der Waals surface area contributed by atoms with Crippen molar-refractivity contribution in [1.29, 1.82) is 0 Å². The van der Waals surface area contributed by atoms with Crippen molar-refractivity contribution in [1.82, 2.24) is 10.6 Å². The van der Waals surface area contributed by atoms with Crippen LogP contribution in [0.4, 0.5) is 9.18 Å². The molecular weight excluding hydrogens is 279 g/mol. The van der Waals surface area contributed by atoms with E-state index in [9.17, 15) is 14.3 Å². The molecule has 0 bridgehead atoms. The highest BCUT2D eigenvalue weighted by atomic mass is 32.2. The molecule has 1 aromatic carbocycles.